The van der Waals surface area contributed by atoms with E-state index in [9.17, 15) is 17.2 Å². The molecule has 0 aromatic heterocycles. The van der Waals surface area contributed by atoms with E-state index in [1.807, 2.05) is 0 Å². The second-order valence-electron chi connectivity index (χ2n) is 9.51. The SMILES string of the molecule is CC1(C)CC(N2CCC3(CC2)CN(S(=O)(=O)c2ccc(OC(F)F)cc2)CCO3)CCO1. The summed E-state index contributed by atoms with van der Waals surface area (Å²) < 4.78 is 68.9. The van der Waals surface area contributed by atoms with Crippen LogP contribution in [0.2, 0.25) is 0 Å². The van der Waals surface area contributed by atoms with Gasteiger partial charge in [-0.1, -0.05) is 0 Å². The number of hydrogen-bond donors (Lipinski definition) is 0. The molecular formula is C22H32F2N2O5S. The van der Waals surface area contributed by atoms with Gasteiger partial charge in [0, 0.05) is 38.8 Å². The molecule has 0 amide bonds. The highest BCUT2D eigenvalue weighted by Crippen LogP contribution is 2.36. The molecule has 1 unspecified atom stereocenters. The summed E-state index contributed by atoms with van der Waals surface area (Å²) in [6, 6.07) is 5.61. The summed E-state index contributed by atoms with van der Waals surface area (Å²) in [6.07, 6.45) is 3.56. The van der Waals surface area contributed by atoms with Crippen LogP contribution in [0.3, 0.4) is 0 Å². The van der Waals surface area contributed by atoms with Crippen molar-refractivity contribution >= 4 is 10.0 Å². The third-order valence-corrected chi connectivity index (χ3v) is 8.66. The number of rotatable bonds is 5. The molecule has 32 heavy (non-hydrogen) atoms. The zero-order valence-electron chi connectivity index (χ0n) is 18.6. The molecule has 7 nitrogen and oxygen atoms in total. The Labute approximate surface area is 188 Å². The Morgan fingerprint density at radius 2 is 1.75 bits per heavy atom. The molecule has 3 saturated heterocycles. The molecule has 3 fully saturated rings. The maximum atomic E-state index is 13.2. The lowest BCUT2D eigenvalue weighted by Gasteiger charge is -2.49. The third kappa shape index (κ3) is 5.25. The fraction of sp³-hybridized carbons (Fsp3) is 0.727. The van der Waals surface area contributed by atoms with Gasteiger partial charge in [0.25, 0.3) is 0 Å². The van der Waals surface area contributed by atoms with Crippen LogP contribution in [0.4, 0.5) is 8.78 Å². The molecule has 3 aliphatic rings. The number of ether oxygens (including phenoxy) is 3. The first-order chi connectivity index (χ1) is 15.1. The highest BCUT2D eigenvalue weighted by atomic mass is 32.2. The lowest BCUT2D eigenvalue weighted by molar-refractivity contribution is -0.135. The van der Waals surface area contributed by atoms with Gasteiger partial charge in [-0.2, -0.15) is 13.1 Å². The second kappa shape index (κ2) is 9.13. The molecule has 0 aliphatic carbocycles. The van der Waals surface area contributed by atoms with Crippen molar-refractivity contribution in [2.24, 2.45) is 0 Å². The van der Waals surface area contributed by atoms with Crippen molar-refractivity contribution in [3.63, 3.8) is 0 Å². The van der Waals surface area contributed by atoms with Crippen LogP contribution in [0.5, 0.6) is 5.75 Å². The second-order valence-corrected chi connectivity index (χ2v) is 11.4. The first-order valence-corrected chi connectivity index (χ1v) is 12.6. The van der Waals surface area contributed by atoms with Crippen LogP contribution in [0.25, 0.3) is 0 Å². The minimum Gasteiger partial charge on any atom is -0.435 e. The van der Waals surface area contributed by atoms with Crippen LogP contribution in [-0.2, 0) is 19.5 Å². The summed E-state index contributed by atoms with van der Waals surface area (Å²) in [6.45, 7) is 4.74. The van der Waals surface area contributed by atoms with Gasteiger partial charge in [-0.3, -0.25) is 4.90 Å². The number of sulfonamides is 1. The molecule has 1 aromatic rings. The zero-order chi connectivity index (χ0) is 23.0. The Hall–Kier alpha value is -1.33. The summed E-state index contributed by atoms with van der Waals surface area (Å²) in [7, 11) is -3.75. The van der Waals surface area contributed by atoms with Gasteiger partial charge in [-0.05, 0) is 63.8 Å². The van der Waals surface area contributed by atoms with Gasteiger partial charge in [-0.15, -0.1) is 0 Å². The molecule has 3 aliphatic heterocycles. The zero-order valence-corrected chi connectivity index (χ0v) is 19.5. The fourth-order valence-corrected chi connectivity index (χ4v) is 6.57. The van der Waals surface area contributed by atoms with Crippen LogP contribution in [0.15, 0.2) is 29.2 Å². The largest absolute Gasteiger partial charge is 0.435 e. The van der Waals surface area contributed by atoms with E-state index in [2.05, 4.69) is 23.5 Å². The summed E-state index contributed by atoms with van der Waals surface area (Å²) in [4.78, 5) is 2.56. The molecule has 0 bridgehead atoms. The number of likely N-dealkylation sites (tertiary alicyclic amines) is 1. The topological polar surface area (TPSA) is 68.3 Å². The smallest absolute Gasteiger partial charge is 0.387 e. The van der Waals surface area contributed by atoms with Gasteiger partial charge in [0.15, 0.2) is 0 Å². The Bertz CT molecular complexity index is 886. The average Bonchev–Trinajstić information content (AvgIpc) is 2.74. The van der Waals surface area contributed by atoms with Crippen molar-refractivity contribution in [2.75, 3.05) is 39.4 Å². The molecule has 1 spiro atoms. The Kier molecular flexibility index (Phi) is 6.80. The molecule has 3 heterocycles. The summed E-state index contributed by atoms with van der Waals surface area (Å²) >= 11 is 0. The molecule has 0 radical (unpaired) electrons. The molecule has 4 rings (SSSR count). The van der Waals surface area contributed by atoms with Crippen LogP contribution in [0, 0.1) is 0 Å². The van der Waals surface area contributed by atoms with Crippen molar-refractivity contribution in [2.45, 2.75) is 68.3 Å². The summed E-state index contributed by atoms with van der Waals surface area (Å²) in [5.74, 6) is -0.0685. The third-order valence-electron chi connectivity index (χ3n) is 6.80. The highest BCUT2D eigenvalue weighted by Gasteiger charge is 2.45. The van der Waals surface area contributed by atoms with Crippen molar-refractivity contribution in [1.82, 2.24) is 9.21 Å². The van der Waals surface area contributed by atoms with Gasteiger partial charge >= 0.3 is 6.61 Å². The predicted octanol–water partition coefficient (Wildman–Crippen LogP) is 3.10. The molecular weight excluding hydrogens is 442 g/mol. The fourth-order valence-electron chi connectivity index (χ4n) is 5.07. The number of nitrogens with zero attached hydrogens (tertiary/aromatic N) is 2. The van der Waals surface area contributed by atoms with Crippen molar-refractivity contribution in [3.05, 3.63) is 24.3 Å². The van der Waals surface area contributed by atoms with E-state index in [4.69, 9.17) is 9.47 Å². The van der Waals surface area contributed by atoms with Crippen LogP contribution in [0.1, 0.15) is 39.5 Å². The predicted molar refractivity (Wildman–Crippen MR) is 114 cm³/mol. The van der Waals surface area contributed by atoms with Crippen LogP contribution >= 0.6 is 0 Å². The number of morpholine rings is 1. The molecule has 1 atom stereocenters. The first kappa shape index (κ1) is 23.8. The normalized spacial score (nSPS) is 27.0. The monoisotopic (exact) mass is 474 g/mol. The number of hydrogen-bond acceptors (Lipinski definition) is 6. The number of halogens is 2. The summed E-state index contributed by atoms with van der Waals surface area (Å²) in [5, 5.41) is 0. The Morgan fingerprint density at radius 1 is 1.06 bits per heavy atom. The number of benzene rings is 1. The van der Waals surface area contributed by atoms with Crippen molar-refractivity contribution < 1.29 is 31.4 Å². The standard InChI is InChI=1S/C22H32F2N2O5S/c1-21(2)15-17(7-13-29-21)25-10-8-22(9-11-25)16-26(12-14-30-22)32(27,28)19-5-3-18(4-6-19)31-20(23)24/h3-6,17,20H,7-16H2,1-2H3. The lowest BCUT2D eigenvalue weighted by Crippen LogP contribution is -2.59. The van der Waals surface area contributed by atoms with Gasteiger partial charge < -0.3 is 14.2 Å². The Balaban J connectivity index is 1.40. The number of alkyl halides is 2. The molecule has 1 aromatic carbocycles. The van der Waals surface area contributed by atoms with Gasteiger partial charge in [0.05, 0.1) is 22.7 Å². The van der Waals surface area contributed by atoms with Crippen LogP contribution in [-0.4, -0.2) is 80.9 Å². The molecule has 10 heteroatoms. The van der Waals surface area contributed by atoms with Crippen molar-refractivity contribution in [3.8, 4) is 5.75 Å². The van der Waals surface area contributed by atoms with E-state index in [1.165, 1.54) is 28.6 Å². The first-order valence-electron chi connectivity index (χ1n) is 11.2. The van der Waals surface area contributed by atoms with E-state index in [0.717, 1.165) is 45.4 Å². The maximum absolute atomic E-state index is 13.2. The molecule has 0 saturated carbocycles. The Morgan fingerprint density at radius 3 is 2.38 bits per heavy atom. The maximum Gasteiger partial charge on any atom is 0.387 e. The van der Waals surface area contributed by atoms with Crippen LogP contribution < -0.4 is 4.74 Å². The minimum absolute atomic E-state index is 0.0676. The number of piperidine rings is 1. The van der Waals surface area contributed by atoms with E-state index >= 15 is 0 Å². The highest BCUT2D eigenvalue weighted by molar-refractivity contribution is 7.89. The van der Waals surface area contributed by atoms with Crippen molar-refractivity contribution in [1.29, 1.82) is 0 Å². The minimum atomic E-state index is -3.75. The average molecular weight is 475 g/mol. The van der Waals surface area contributed by atoms with Gasteiger partial charge in [-0.25, -0.2) is 8.42 Å². The van der Waals surface area contributed by atoms with Gasteiger partial charge in [0.1, 0.15) is 5.75 Å². The van der Waals surface area contributed by atoms with E-state index in [-0.39, 0.29) is 22.8 Å². The van der Waals surface area contributed by atoms with Gasteiger partial charge in [0.2, 0.25) is 10.0 Å². The van der Waals surface area contributed by atoms with E-state index in [1.54, 1.807) is 0 Å². The quantitative estimate of drug-likeness (QED) is 0.653. The molecule has 180 valence electrons. The molecule has 0 N–H and O–H groups in total. The van der Waals surface area contributed by atoms with E-state index < -0.39 is 22.2 Å². The summed E-state index contributed by atoms with van der Waals surface area (Å²) in [5.41, 5.74) is -0.596. The lowest BCUT2D eigenvalue weighted by atomic mass is 9.86. The van der Waals surface area contributed by atoms with E-state index in [0.29, 0.717) is 19.2 Å².